The van der Waals surface area contributed by atoms with E-state index in [-0.39, 0.29) is 25.0 Å². The highest BCUT2D eigenvalue weighted by atomic mass is 16.5. The molecule has 1 heterocycles. The van der Waals surface area contributed by atoms with Gasteiger partial charge in [-0.1, -0.05) is 98.7 Å². The summed E-state index contributed by atoms with van der Waals surface area (Å²) in [5, 5.41) is 16.6. The molecule has 0 aliphatic carbocycles. The number of carbonyl (C=O) groups excluding carboxylic acids is 2. The van der Waals surface area contributed by atoms with Gasteiger partial charge in [0, 0.05) is 13.2 Å². The van der Waals surface area contributed by atoms with Gasteiger partial charge in [-0.05, 0) is 102 Å². The molecule has 7 heteroatoms. The first kappa shape index (κ1) is 80.0. The average molecular weight is 789 g/mol. The van der Waals surface area contributed by atoms with Crippen molar-refractivity contribution in [2.24, 2.45) is 5.92 Å². The van der Waals surface area contributed by atoms with Crippen LogP contribution in [0.25, 0.3) is 0 Å². The van der Waals surface area contributed by atoms with Gasteiger partial charge in [0.15, 0.2) is 0 Å². The molecule has 1 aliphatic rings. The Morgan fingerprint density at radius 3 is 1.04 bits per heavy atom. The summed E-state index contributed by atoms with van der Waals surface area (Å²) in [4.78, 5) is 23.8. The van der Waals surface area contributed by atoms with Crippen molar-refractivity contribution in [1.82, 2.24) is 5.43 Å². The SMILES string of the molecule is C=CC.C=CC.C=CC.C=CC.C=CC.C=CC.C=CC.C=CC.C=CC.C=CC.CCCCC1C(=O)NN(c2ccccc2)C1=O.CCOCC.OCCO. The fourth-order valence-corrected chi connectivity index (χ4v) is 2.15. The maximum Gasteiger partial charge on any atom is 0.258 e. The molecule has 1 aromatic rings. The summed E-state index contributed by atoms with van der Waals surface area (Å²) < 4.78 is 4.83. The summed E-state index contributed by atoms with van der Waals surface area (Å²) in [6, 6.07) is 9.17. The molecule has 3 N–H and O–H groups in total. The number of carbonyl (C=O) groups is 2. The van der Waals surface area contributed by atoms with Crippen molar-refractivity contribution in [3.8, 4) is 0 Å². The van der Waals surface area contributed by atoms with Gasteiger partial charge in [-0.2, -0.15) is 0 Å². The second-order valence-corrected chi connectivity index (χ2v) is 9.49. The molecule has 1 fully saturated rings. The van der Waals surface area contributed by atoms with E-state index in [4.69, 9.17) is 14.9 Å². The van der Waals surface area contributed by atoms with E-state index in [9.17, 15) is 9.59 Å². The molecule has 0 aromatic heterocycles. The fraction of sp³-hybridized carbons (Fsp3) is 0.429. The van der Waals surface area contributed by atoms with Crippen LogP contribution in [0.4, 0.5) is 5.69 Å². The van der Waals surface area contributed by atoms with E-state index >= 15 is 0 Å². The van der Waals surface area contributed by atoms with Crippen LogP contribution in [0.2, 0.25) is 0 Å². The number of aliphatic hydroxyl groups is 2. The van der Waals surface area contributed by atoms with E-state index < -0.39 is 5.92 Å². The van der Waals surface area contributed by atoms with Gasteiger partial charge in [-0.25, -0.2) is 5.01 Å². The average Bonchev–Trinajstić information content (AvgIpc) is 3.44. The van der Waals surface area contributed by atoms with Crippen LogP contribution in [-0.4, -0.2) is 48.5 Å². The van der Waals surface area contributed by atoms with Crippen LogP contribution in [0.15, 0.2) is 157 Å². The summed E-state index contributed by atoms with van der Waals surface area (Å²) in [5.74, 6) is -0.850. The predicted octanol–water partition coefficient (Wildman–Crippen LogP) is 13.8. The standard InChI is InChI=1S/C13H16N2O2.C4H10O.10C3H6.C2H6O2/c1-2-3-9-11-12(16)14-15(13(11)17)10-7-5-4-6-8-10;1-3-5-4-2;10*1-3-2;3-1-2-4/h4-8,11H,2-3,9H2,1H3,(H,14,16);3-4H2,1-2H3;10*3H,1H2,2H3;3-4H,1-2H2. The Bertz CT molecular complexity index is 822. The summed E-state index contributed by atoms with van der Waals surface area (Å²) in [7, 11) is 0. The van der Waals surface area contributed by atoms with Crippen molar-refractivity contribution in [3.63, 3.8) is 0 Å². The van der Waals surface area contributed by atoms with Crippen molar-refractivity contribution in [2.75, 3.05) is 31.4 Å². The highest BCUT2D eigenvalue weighted by Crippen LogP contribution is 2.22. The van der Waals surface area contributed by atoms with Crippen molar-refractivity contribution in [2.45, 2.75) is 109 Å². The first-order valence-electron chi connectivity index (χ1n) is 18.9. The maximum absolute atomic E-state index is 12.1. The second-order valence-electron chi connectivity index (χ2n) is 9.49. The molecule has 56 heavy (non-hydrogen) atoms. The van der Waals surface area contributed by atoms with Gasteiger partial charge in [0.25, 0.3) is 11.8 Å². The molecule has 7 nitrogen and oxygen atoms in total. The number of benzene rings is 1. The Hall–Kier alpha value is -4.56. The lowest BCUT2D eigenvalue weighted by molar-refractivity contribution is -0.127. The number of nitrogens with zero attached hydrogens (tertiary/aromatic N) is 1. The predicted molar refractivity (Wildman–Crippen MR) is 260 cm³/mol. The minimum atomic E-state index is -0.518. The van der Waals surface area contributed by atoms with Crippen molar-refractivity contribution in [1.29, 1.82) is 0 Å². The first-order chi connectivity index (χ1) is 26.7. The first-order valence-corrected chi connectivity index (χ1v) is 18.9. The molecule has 1 saturated heterocycles. The molecule has 1 aliphatic heterocycles. The monoisotopic (exact) mass is 789 g/mol. The normalized spacial score (nSPS) is 9.55. The maximum atomic E-state index is 12.1. The number of anilines is 1. The topological polar surface area (TPSA) is 99.1 Å². The van der Waals surface area contributed by atoms with Crippen LogP contribution >= 0.6 is 0 Å². The van der Waals surface area contributed by atoms with E-state index in [1.54, 1.807) is 72.9 Å². The largest absolute Gasteiger partial charge is 0.394 e. The van der Waals surface area contributed by atoms with Gasteiger partial charge < -0.3 is 14.9 Å². The minimum Gasteiger partial charge on any atom is -0.394 e. The number of unbranched alkanes of at least 4 members (excludes halogenated alkanes) is 1. The lowest BCUT2D eigenvalue weighted by Gasteiger charge is -2.14. The van der Waals surface area contributed by atoms with Gasteiger partial charge in [0.2, 0.25) is 0 Å². The number of ether oxygens (including phenoxy) is 1. The number of hydrogen-bond acceptors (Lipinski definition) is 5. The zero-order valence-corrected chi connectivity index (χ0v) is 38.8. The Morgan fingerprint density at radius 2 is 0.839 bits per heavy atom. The summed E-state index contributed by atoms with van der Waals surface area (Å²) in [6.07, 6.45) is 20.0. The molecule has 2 rings (SSSR count). The molecule has 1 aromatic carbocycles. The van der Waals surface area contributed by atoms with E-state index in [0.29, 0.717) is 12.1 Å². The van der Waals surface area contributed by atoms with Crippen LogP contribution in [0, 0.1) is 5.92 Å². The minimum absolute atomic E-state index is 0.125. The molecule has 2 amide bonds. The molecule has 0 radical (unpaired) electrons. The smallest absolute Gasteiger partial charge is 0.258 e. The summed E-state index contributed by atoms with van der Waals surface area (Å²) in [5.41, 5.74) is 3.34. The van der Waals surface area contributed by atoms with Crippen LogP contribution in [0.5, 0.6) is 0 Å². The van der Waals surface area contributed by atoms with E-state index in [1.165, 1.54) is 5.01 Å². The Labute approximate surface area is 350 Å². The van der Waals surface area contributed by atoms with Crippen molar-refractivity contribution < 1.29 is 24.5 Å². The zero-order valence-electron chi connectivity index (χ0n) is 38.8. The number of allylic oxidation sites excluding steroid dienone is 10. The number of para-hydroxylation sites is 1. The number of hydrogen-bond donors (Lipinski definition) is 3. The molecule has 328 valence electrons. The molecule has 0 spiro atoms. The van der Waals surface area contributed by atoms with E-state index in [0.717, 1.165) is 26.1 Å². The quantitative estimate of drug-likeness (QED) is 0.189. The molecular formula is C49H92N2O5. The number of aliphatic hydroxyl groups excluding tert-OH is 2. The molecule has 1 unspecified atom stereocenters. The lowest BCUT2D eigenvalue weighted by atomic mass is 10.0. The van der Waals surface area contributed by atoms with Crippen LogP contribution in [-0.2, 0) is 14.3 Å². The third-order valence-corrected chi connectivity index (χ3v) is 3.43. The molecule has 1 atom stereocenters. The summed E-state index contributed by atoms with van der Waals surface area (Å²) >= 11 is 0. The van der Waals surface area contributed by atoms with Crippen LogP contribution < -0.4 is 10.4 Å². The van der Waals surface area contributed by atoms with Gasteiger partial charge in [0.05, 0.1) is 18.9 Å². The van der Waals surface area contributed by atoms with Gasteiger partial charge in [-0.3, -0.25) is 15.0 Å². The number of nitrogens with one attached hydrogen (secondary N) is 1. The second kappa shape index (κ2) is 104. The number of amides is 2. The Kier molecular flexibility index (Phi) is 149. The van der Waals surface area contributed by atoms with Crippen LogP contribution in [0.3, 0.4) is 0 Å². The van der Waals surface area contributed by atoms with Gasteiger partial charge >= 0.3 is 0 Å². The lowest BCUT2D eigenvalue weighted by Crippen LogP contribution is -2.35. The summed E-state index contributed by atoms with van der Waals surface area (Å²) in [6.45, 7) is 60.0. The Balaban J connectivity index is -0.0000000488. The number of rotatable bonds is 7. The van der Waals surface area contributed by atoms with Crippen molar-refractivity contribution >= 4 is 17.5 Å². The Morgan fingerprint density at radius 1 is 0.571 bits per heavy atom. The number of hydrazine groups is 1. The van der Waals surface area contributed by atoms with Gasteiger partial charge in [0.1, 0.15) is 5.92 Å². The van der Waals surface area contributed by atoms with E-state index in [1.807, 2.05) is 108 Å². The van der Waals surface area contributed by atoms with E-state index in [2.05, 4.69) is 71.2 Å². The zero-order chi connectivity index (χ0) is 46.9. The molecule has 0 saturated carbocycles. The highest BCUT2D eigenvalue weighted by Gasteiger charge is 2.39. The van der Waals surface area contributed by atoms with Crippen molar-refractivity contribution in [3.05, 3.63) is 157 Å². The van der Waals surface area contributed by atoms with Crippen LogP contribution in [0.1, 0.15) is 109 Å². The highest BCUT2D eigenvalue weighted by molar-refractivity contribution is 6.14. The molecule has 0 bridgehead atoms. The third-order valence-electron chi connectivity index (χ3n) is 3.43. The third kappa shape index (κ3) is 125. The van der Waals surface area contributed by atoms with Gasteiger partial charge in [-0.15, -0.1) is 65.8 Å². The molecular weight excluding hydrogens is 697 g/mol. The fourth-order valence-electron chi connectivity index (χ4n) is 2.15.